The zero-order valence-electron chi connectivity index (χ0n) is 12.5. The van der Waals surface area contributed by atoms with Gasteiger partial charge in [0.1, 0.15) is 5.75 Å². The summed E-state index contributed by atoms with van der Waals surface area (Å²) in [6, 6.07) is 3.35. The Balaban J connectivity index is 2.77. The molecular weight excluding hydrogens is 294 g/mol. The lowest BCUT2D eigenvalue weighted by atomic mass is 10.1. The van der Waals surface area contributed by atoms with Crippen molar-refractivity contribution in [2.45, 2.75) is 38.0 Å². The number of hydrogen-bond donors (Lipinski definition) is 2. The van der Waals surface area contributed by atoms with Crippen LogP contribution in [0.2, 0.25) is 0 Å². The molecule has 0 saturated carbocycles. The average Bonchev–Trinajstić information content (AvgIpc) is 2.36. The summed E-state index contributed by atoms with van der Waals surface area (Å²) in [5.41, 5.74) is 1.23. The predicted molar refractivity (Wildman–Crippen MR) is 79.1 cm³/mol. The number of hydrogen-bond acceptors (Lipinski definition) is 4. The quantitative estimate of drug-likeness (QED) is 0.714. The van der Waals surface area contributed by atoms with Gasteiger partial charge in [-0.1, -0.05) is 0 Å². The third-order valence-electron chi connectivity index (χ3n) is 3.05. The molecule has 1 aromatic rings. The maximum absolute atomic E-state index is 12.3. The Hall–Kier alpha value is -1.60. The first-order valence-corrected chi connectivity index (χ1v) is 8.13. The van der Waals surface area contributed by atoms with Gasteiger partial charge in [0.15, 0.2) is 0 Å². The zero-order chi connectivity index (χ0) is 16.0. The minimum Gasteiger partial charge on any atom is -0.497 e. The maximum atomic E-state index is 12.3. The highest BCUT2D eigenvalue weighted by molar-refractivity contribution is 7.89. The molecule has 0 aliphatic carbocycles. The Labute approximate surface area is 125 Å². The standard InChI is InChI=1S/C14H21NO5S/c1-10-8-12(20-3)9-11(2)14(10)21(18,19)15-7-5-4-6-13(16)17/h8-9,15H,4-7H2,1-3H3,(H,16,17). The first-order valence-electron chi connectivity index (χ1n) is 6.64. The highest BCUT2D eigenvalue weighted by atomic mass is 32.2. The molecule has 1 aromatic carbocycles. The van der Waals surface area contributed by atoms with Crippen molar-refractivity contribution in [1.29, 1.82) is 0 Å². The number of unbranched alkanes of at least 4 members (excludes halogenated alkanes) is 1. The molecule has 118 valence electrons. The average molecular weight is 315 g/mol. The van der Waals surface area contributed by atoms with Gasteiger partial charge in [-0.25, -0.2) is 13.1 Å². The fraction of sp³-hybridized carbons (Fsp3) is 0.500. The Bertz CT molecular complexity index is 587. The summed E-state index contributed by atoms with van der Waals surface area (Å²) in [6.45, 7) is 3.66. The van der Waals surface area contributed by atoms with Crippen LogP contribution in [-0.2, 0) is 14.8 Å². The molecule has 0 fully saturated rings. The molecule has 0 aliphatic rings. The number of aryl methyl sites for hydroxylation is 2. The van der Waals surface area contributed by atoms with Crippen molar-refractivity contribution in [2.24, 2.45) is 0 Å². The van der Waals surface area contributed by atoms with Crippen molar-refractivity contribution in [3.8, 4) is 5.75 Å². The molecule has 7 heteroatoms. The summed E-state index contributed by atoms with van der Waals surface area (Å²) < 4.78 is 32.2. The second-order valence-electron chi connectivity index (χ2n) is 4.84. The van der Waals surface area contributed by atoms with Gasteiger partial charge in [0.2, 0.25) is 10.0 Å². The van der Waals surface area contributed by atoms with Gasteiger partial charge < -0.3 is 9.84 Å². The predicted octanol–water partition coefficient (Wildman–Crippen LogP) is 1.85. The topological polar surface area (TPSA) is 92.7 Å². The summed E-state index contributed by atoms with van der Waals surface area (Å²) in [5.74, 6) is -0.259. The molecule has 21 heavy (non-hydrogen) atoms. The largest absolute Gasteiger partial charge is 0.497 e. The normalized spacial score (nSPS) is 11.4. The van der Waals surface area contributed by atoms with E-state index < -0.39 is 16.0 Å². The molecule has 0 atom stereocenters. The van der Waals surface area contributed by atoms with Crippen LogP contribution >= 0.6 is 0 Å². The fourth-order valence-electron chi connectivity index (χ4n) is 2.13. The van der Waals surface area contributed by atoms with E-state index in [9.17, 15) is 13.2 Å². The van der Waals surface area contributed by atoms with E-state index >= 15 is 0 Å². The van der Waals surface area contributed by atoms with Crippen molar-refractivity contribution >= 4 is 16.0 Å². The minimum absolute atomic E-state index is 0.0440. The third kappa shape index (κ3) is 5.02. The zero-order valence-corrected chi connectivity index (χ0v) is 13.3. The van der Waals surface area contributed by atoms with Crippen molar-refractivity contribution in [2.75, 3.05) is 13.7 Å². The number of carbonyl (C=O) groups is 1. The lowest BCUT2D eigenvalue weighted by Gasteiger charge is -2.13. The lowest BCUT2D eigenvalue weighted by Crippen LogP contribution is -2.26. The van der Waals surface area contributed by atoms with Crippen molar-refractivity contribution in [3.63, 3.8) is 0 Å². The summed E-state index contributed by atoms with van der Waals surface area (Å²) >= 11 is 0. The number of carboxylic acid groups (broad SMARTS) is 1. The van der Waals surface area contributed by atoms with Crippen molar-refractivity contribution < 1.29 is 23.1 Å². The Kier molecular flexibility index (Phi) is 6.17. The highest BCUT2D eigenvalue weighted by Crippen LogP contribution is 2.25. The van der Waals surface area contributed by atoms with Gasteiger partial charge in [-0.3, -0.25) is 4.79 Å². The molecular formula is C14H21NO5S. The van der Waals surface area contributed by atoms with E-state index in [2.05, 4.69) is 4.72 Å². The van der Waals surface area contributed by atoms with Gasteiger partial charge in [0.05, 0.1) is 12.0 Å². The number of benzene rings is 1. The van der Waals surface area contributed by atoms with Crippen LogP contribution < -0.4 is 9.46 Å². The summed E-state index contributed by atoms with van der Waals surface area (Å²) in [5, 5.41) is 8.52. The first-order chi connectivity index (χ1) is 9.77. The number of carboxylic acids is 1. The van der Waals surface area contributed by atoms with Crippen LogP contribution in [0.4, 0.5) is 0 Å². The number of sulfonamides is 1. The van der Waals surface area contributed by atoms with E-state index in [0.717, 1.165) is 0 Å². The molecule has 6 nitrogen and oxygen atoms in total. The highest BCUT2D eigenvalue weighted by Gasteiger charge is 2.19. The summed E-state index contributed by atoms with van der Waals surface area (Å²) in [7, 11) is -2.07. The van der Waals surface area contributed by atoms with Crippen LogP contribution in [0.25, 0.3) is 0 Å². The van der Waals surface area contributed by atoms with E-state index in [1.165, 1.54) is 7.11 Å². The molecule has 0 unspecified atom stereocenters. The van der Waals surface area contributed by atoms with E-state index in [-0.39, 0.29) is 17.9 Å². The van der Waals surface area contributed by atoms with Crippen LogP contribution in [-0.4, -0.2) is 33.1 Å². The first kappa shape index (κ1) is 17.5. The Morgan fingerprint density at radius 3 is 2.29 bits per heavy atom. The van der Waals surface area contributed by atoms with Gasteiger partial charge in [-0.2, -0.15) is 0 Å². The van der Waals surface area contributed by atoms with E-state index in [0.29, 0.717) is 29.7 Å². The van der Waals surface area contributed by atoms with Gasteiger partial charge >= 0.3 is 5.97 Å². The smallest absolute Gasteiger partial charge is 0.303 e. The molecule has 0 radical (unpaired) electrons. The lowest BCUT2D eigenvalue weighted by molar-refractivity contribution is -0.137. The molecule has 0 aromatic heterocycles. The van der Waals surface area contributed by atoms with Gasteiger partial charge in [0.25, 0.3) is 0 Å². The molecule has 2 N–H and O–H groups in total. The number of methoxy groups -OCH3 is 1. The number of ether oxygens (including phenoxy) is 1. The SMILES string of the molecule is COc1cc(C)c(S(=O)(=O)NCCCCC(=O)O)c(C)c1. The molecule has 0 spiro atoms. The van der Waals surface area contributed by atoms with Crippen molar-refractivity contribution in [3.05, 3.63) is 23.3 Å². The molecule has 0 heterocycles. The van der Waals surface area contributed by atoms with E-state index in [4.69, 9.17) is 9.84 Å². The van der Waals surface area contributed by atoms with E-state index in [1.807, 2.05) is 0 Å². The van der Waals surface area contributed by atoms with Crippen LogP contribution in [0.1, 0.15) is 30.4 Å². The van der Waals surface area contributed by atoms with Crippen LogP contribution in [0.15, 0.2) is 17.0 Å². The van der Waals surface area contributed by atoms with Crippen LogP contribution in [0, 0.1) is 13.8 Å². The van der Waals surface area contributed by atoms with Gasteiger partial charge in [0, 0.05) is 13.0 Å². The molecule has 0 saturated heterocycles. The van der Waals surface area contributed by atoms with Crippen LogP contribution in [0.3, 0.4) is 0 Å². The number of nitrogens with one attached hydrogen (secondary N) is 1. The number of aliphatic carboxylic acids is 1. The van der Waals surface area contributed by atoms with Gasteiger partial charge in [-0.15, -0.1) is 0 Å². The van der Waals surface area contributed by atoms with E-state index in [1.54, 1.807) is 26.0 Å². The van der Waals surface area contributed by atoms with Gasteiger partial charge in [-0.05, 0) is 49.9 Å². The monoisotopic (exact) mass is 315 g/mol. The molecule has 0 bridgehead atoms. The third-order valence-corrected chi connectivity index (χ3v) is 4.81. The summed E-state index contributed by atoms with van der Waals surface area (Å²) in [6.07, 6.45) is 0.973. The number of rotatable bonds is 8. The van der Waals surface area contributed by atoms with Crippen molar-refractivity contribution in [1.82, 2.24) is 4.72 Å². The summed E-state index contributed by atoms with van der Waals surface area (Å²) in [4.78, 5) is 10.6. The van der Waals surface area contributed by atoms with Crippen LogP contribution in [0.5, 0.6) is 5.75 Å². The Morgan fingerprint density at radius 2 is 1.81 bits per heavy atom. The second-order valence-corrected chi connectivity index (χ2v) is 6.54. The molecule has 1 rings (SSSR count). The minimum atomic E-state index is -3.60. The molecule has 0 aliphatic heterocycles. The molecule has 0 amide bonds. The maximum Gasteiger partial charge on any atom is 0.303 e. The second kappa shape index (κ2) is 7.42. The fourth-order valence-corrected chi connectivity index (χ4v) is 3.66. The Morgan fingerprint density at radius 1 is 1.24 bits per heavy atom.